The zero-order chi connectivity index (χ0) is 9.90. The third kappa shape index (κ3) is 2.04. The van der Waals surface area contributed by atoms with E-state index in [1.807, 2.05) is 30.3 Å². The van der Waals surface area contributed by atoms with Crippen molar-refractivity contribution in [2.45, 2.75) is 12.3 Å². The third-order valence-corrected chi connectivity index (χ3v) is 3.06. The topological polar surface area (TPSA) is 17.1 Å². The van der Waals surface area contributed by atoms with Crippen molar-refractivity contribution in [2.24, 2.45) is 0 Å². The molecule has 0 N–H and O–H groups in total. The van der Waals surface area contributed by atoms with E-state index in [9.17, 15) is 4.79 Å². The minimum Gasteiger partial charge on any atom is -0.280 e. The van der Waals surface area contributed by atoms with Crippen molar-refractivity contribution in [1.29, 1.82) is 0 Å². The van der Waals surface area contributed by atoms with Gasteiger partial charge in [0.05, 0.1) is 5.41 Å². The van der Waals surface area contributed by atoms with E-state index in [1.165, 1.54) is 0 Å². The first-order valence-electron chi connectivity index (χ1n) is 3.92. The molecule has 13 heavy (non-hydrogen) atoms. The molecular weight excluding hydrogens is 207 g/mol. The summed E-state index contributed by atoms with van der Waals surface area (Å²) >= 11 is 11.2. The second-order valence-corrected chi connectivity index (χ2v) is 3.72. The van der Waals surface area contributed by atoms with E-state index in [0.717, 1.165) is 5.56 Å². The third-order valence-electron chi connectivity index (χ3n) is 2.11. The Bertz CT molecular complexity index is 297. The van der Waals surface area contributed by atoms with Crippen molar-refractivity contribution in [3.63, 3.8) is 0 Å². The lowest BCUT2D eigenvalue weighted by Crippen LogP contribution is -2.30. The van der Waals surface area contributed by atoms with E-state index >= 15 is 0 Å². The van der Waals surface area contributed by atoms with Crippen LogP contribution < -0.4 is 0 Å². The summed E-state index contributed by atoms with van der Waals surface area (Å²) in [6.07, 6.45) is 0. The smallest absolute Gasteiger partial charge is 0.233 e. The summed E-state index contributed by atoms with van der Waals surface area (Å²) < 4.78 is 0. The second-order valence-electron chi connectivity index (χ2n) is 3.11. The van der Waals surface area contributed by atoms with Gasteiger partial charge in [-0.25, -0.2) is 0 Å². The lowest BCUT2D eigenvalue weighted by molar-refractivity contribution is -0.115. The number of carbonyl (C=O) groups excluding carboxylic acids is 1. The fourth-order valence-corrected chi connectivity index (χ4v) is 1.57. The van der Waals surface area contributed by atoms with Crippen molar-refractivity contribution >= 4 is 28.4 Å². The lowest BCUT2D eigenvalue weighted by atomic mass is 9.86. The Morgan fingerprint density at radius 3 is 2.31 bits per heavy atom. The highest BCUT2D eigenvalue weighted by Crippen LogP contribution is 2.27. The van der Waals surface area contributed by atoms with Gasteiger partial charge < -0.3 is 0 Å². The van der Waals surface area contributed by atoms with Crippen LogP contribution in [0.15, 0.2) is 30.3 Å². The number of hydrogen-bond donors (Lipinski definition) is 0. The van der Waals surface area contributed by atoms with Crippen LogP contribution in [-0.2, 0) is 10.2 Å². The quantitative estimate of drug-likeness (QED) is 0.561. The van der Waals surface area contributed by atoms with Gasteiger partial charge in [-0.15, -0.1) is 11.6 Å². The molecule has 70 valence electrons. The van der Waals surface area contributed by atoms with Gasteiger partial charge in [-0.05, 0) is 24.1 Å². The predicted octanol–water partition coefficient (Wildman–Crippen LogP) is 2.95. The molecule has 0 fully saturated rings. The summed E-state index contributed by atoms with van der Waals surface area (Å²) in [6, 6.07) is 9.31. The molecule has 0 heterocycles. The largest absolute Gasteiger partial charge is 0.280 e. The standard InChI is InChI=1S/C10H10Cl2O/c1-10(7-11,9(12)13)8-5-3-2-4-6-8/h2-6H,7H2,1H3. The van der Waals surface area contributed by atoms with Crippen molar-refractivity contribution < 1.29 is 4.79 Å². The molecule has 1 unspecified atom stereocenters. The molecule has 1 nitrogen and oxygen atoms in total. The Labute approximate surface area is 87.7 Å². The predicted molar refractivity (Wildman–Crippen MR) is 55.4 cm³/mol. The number of rotatable bonds is 3. The van der Waals surface area contributed by atoms with Gasteiger partial charge in [0.2, 0.25) is 5.24 Å². The molecule has 0 radical (unpaired) electrons. The summed E-state index contributed by atoms with van der Waals surface area (Å²) in [5, 5.41) is -0.422. The molecule has 0 saturated carbocycles. The average molecular weight is 217 g/mol. The molecule has 3 heteroatoms. The Balaban J connectivity index is 3.11. The van der Waals surface area contributed by atoms with Gasteiger partial charge in [0.25, 0.3) is 0 Å². The summed E-state index contributed by atoms with van der Waals surface area (Å²) in [5.41, 5.74) is 0.0784. The van der Waals surface area contributed by atoms with Crippen LogP contribution in [0.2, 0.25) is 0 Å². The molecule has 0 aliphatic rings. The SMILES string of the molecule is CC(CCl)(C(=O)Cl)c1ccccc1. The van der Waals surface area contributed by atoms with Crippen LogP contribution in [0.25, 0.3) is 0 Å². The molecule has 0 bridgehead atoms. The highest BCUT2D eigenvalue weighted by atomic mass is 35.5. The summed E-state index contributed by atoms with van der Waals surface area (Å²) in [6.45, 7) is 1.74. The van der Waals surface area contributed by atoms with E-state index < -0.39 is 10.7 Å². The van der Waals surface area contributed by atoms with Gasteiger partial charge in [-0.1, -0.05) is 30.3 Å². The highest BCUT2D eigenvalue weighted by molar-refractivity contribution is 6.66. The molecule has 0 saturated heterocycles. The van der Waals surface area contributed by atoms with E-state index in [-0.39, 0.29) is 5.88 Å². The maximum atomic E-state index is 11.2. The minimum atomic E-state index is -0.773. The average Bonchev–Trinajstić information content (AvgIpc) is 2.17. The molecule has 0 aromatic heterocycles. The maximum Gasteiger partial charge on any atom is 0.233 e. The number of benzene rings is 1. The van der Waals surface area contributed by atoms with Crippen LogP contribution in [0, 0.1) is 0 Å². The monoisotopic (exact) mass is 216 g/mol. The molecule has 0 amide bonds. The minimum absolute atomic E-state index is 0.194. The summed E-state index contributed by atoms with van der Waals surface area (Å²) in [4.78, 5) is 11.2. The van der Waals surface area contributed by atoms with Gasteiger partial charge in [0.15, 0.2) is 0 Å². The molecule has 0 aliphatic carbocycles. The number of hydrogen-bond acceptors (Lipinski definition) is 1. The molecule has 1 rings (SSSR count). The van der Waals surface area contributed by atoms with E-state index in [0.29, 0.717) is 0 Å². The molecule has 1 aromatic carbocycles. The van der Waals surface area contributed by atoms with E-state index in [4.69, 9.17) is 23.2 Å². The summed E-state index contributed by atoms with van der Waals surface area (Å²) in [5.74, 6) is 0.194. The number of halogens is 2. The molecule has 0 aliphatic heterocycles. The number of alkyl halides is 1. The van der Waals surface area contributed by atoms with Gasteiger partial charge in [0, 0.05) is 5.88 Å². The first-order valence-corrected chi connectivity index (χ1v) is 4.84. The Kier molecular flexibility index (Phi) is 3.34. The van der Waals surface area contributed by atoms with Crippen LogP contribution in [-0.4, -0.2) is 11.1 Å². The van der Waals surface area contributed by atoms with E-state index in [1.54, 1.807) is 6.92 Å². The van der Waals surface area contributed by atoms with Crippen LogP contribution in [0.1, 0.15) is 12.5 Å². The van der Waals surface area contributed by atoms with Crippen LogP contribution in [0.4, 0.5) is 0 Å². The first-order chi connectivity index (χ1) is 6.11. The van der Waals surface area contributed by atoms with Crippen molar-refractivity contribution in [2.75, 3.05) is 5.88 Å². The maximum absolute atomic E-state index is 11.2. The summed E-state index contributed by atoms with van der Waals surface area (Å²) in [7, 11) is 0. The molecular formula is C10H10Cl2O. The highest BCUT2D eigenvalue weighted by Gasteiger charge is 2.32. The normalized spacial score (nSPS) is 15.0. The fourth-order valence-electron chi connectivity index (χ4n) is 1.05. The Morgan fingerprint density at radius 1 is 1.38 bits per heavy atom. The van der Waals surface area contributed by atoms with Gasteiger partial charge in [-0.2, -0.15) is 0 Å². The van der Waals surface area contributed by atoms with Crippen LogP contribution in [0.3, 0.4) is 0 Å². The Hall–Kier alpha value is -0.530. The van der Waals surface area contributed by atoms with Crippen LogP contribution >= 0.6 is 23.2 Å². The van der Waals surface area contributed by atoms with Crippen molar-refractivity contribution in [3.8, 4) is 0 Å². The van der Waals surface area contributed by atoms with Gasteiger partial charge in [-0.3, -0.25) is 4.79 Å². The second kappa shape index (κ2) is 4.12. The number of carbonyl (C=O) groups is 1. The first kappa shape index (κ1) is 10.6. The van der Waals surface area contributed by atoms with Crippen molar-refractivity contribution in [1.82, 2.24) is 0 Å². The fraction of sp³-hybridized carbons (Fsp3) is 0.300. The Morgan fingerprint density at radius 2 is 1.92 bits per heavy atom. The van der Waals surface area contributed by atoms with Crippen molar-refractivity contribution in [3.05, 3.63) is 35.9 Å². The van der Waals surface area contributed by atoms with Crippen LogP contribution in [0.5, 0.6) is 0 Å². The molecule has 1 aromatic rings. The molecule has 1 atom stereocenters. The lowest BCUT2D eigenvalue weighted by Gasteiger charge is -2.22. The zero-order valence-corrected chi connectivity index (χ0v) is 8.77. The van der Waals surface area contributed by atoms with Gasteiger partial charge in [0.1, 0.15) is 0 Å². The molecule has 0 spiro atoms. The van der Waals surface area contributed by atoms with Gasteiger partial charge >= 0.3 is 0 Å². The van der Waals surface area contributed by atoms with E-state index in [2.05, 4.69) is 0 Å². The zero-order valence-electron chi connectivity index (χ0n) is 7.26.